The van der Waals surface area contributed by atoms with Crippen LogP contribution in [0.3, 0.4) is 0 Å². The lowest BCUT2D eigenvalue weighted by Gasteiger charge is -2.33. The Bertz CT molecular complexity index is 583. The molecule has 3 amide bonds. The molecular formula is C17H24FN3O2. The van der Waals surface area contributed by atoms with Gasteiger partial charge in [-0.15, -0.1) is 0 Å². The van der Waals surface area contributed by atoms with Crippen molar-refractivity contribution in [3.63, 3.8) is 0 Å². The molecule has 0 spiro atoms. The smallest absolute Gasteiger partial charge is 0.315 e. The van der Waals surface area contributed by atoms with Crippen LogP contribution in [-0.4, -0.2) is 24.5 Å². The van der Waals surface area contributed by atoms with Crippen LogP contribution in [0.5, 0.6) is 0 Å². The Balaban J connectivity index is 2.09. The van der Waals surface area contributed by atoms with E-state index in [4.69, 9.17) is 0 Å². The first kappa shape index (κ1) is 17.2. The van der Waals surface area contributed by atoms with Gasteiger partial charge in [-0.2, -0.15) is 0 Å². The molecule has 2 rings (SSSR count). The molecule has 1 aliphatic rings. The minimum Gasteiger partial charge on any atom is -0.354 e. The minimum absolute atomic E-state index is 0.163. The summed E-state index contributed by atoms with van der Waals surface area (Å²) >= 11 is 0. The van der Waals surface area contributed by atoms with Gasteiger partial charge in [0.25, 0.3) is 0 Å². The maximum absolute atomic E-state index is 13.5. The molecule has 2 atom stereocenters. The van der Waals surface area contributed by atoms with Crippen LogP contribution < -0.4 is 16.0 Å². The summed E-state index contributed by atoms with van der Waals surface area (Å²) < 4.78 is 13.5. The van der Waals surface area contributed by atoms with Crippen LogP contribution >= 0.6 is 0 Å². The van der Waals surface area contributed by atoms with Gasteiger partial charge in [-0.3, -0.25) is 4.79 Å². The Morgan fingerprint density at radius 3 is 2.74 bits per heavy atom. The van der Waals surface area contributed by atoms with Crippen molar-refractivity contribution in [1.82, 2.24) is 16.0 Å². The molecule has 0 bridgehead atoms. The second-order valence-electron chi connectivity index (χ2n) is 6.96. The van der Waals surface area contributed by atoms with Crippen molar-refractivity contribution in [2.24, 2.45) is 5.41 Å². The van der Waals surface area contributed by atoms with Gasteiger partial charge in [-0.1, -0.05) is 32.9 Å². The average Bonchev–Trinajstić information content (AvgIpc) is 2.46. The van der Waals surface area contributed by atoms with Crippen LogP contribution in [0.1, 0.15) is 45.2 Å². The first-order chi connectivity index (χ1) is 10.8. The van der Waals surface area contributed by atoms with E-state index in [0.717, 1.165) is 6.42 Å². The highest BCUT2D eigenvalue weighted by molar-refractivity contribution is 5.87. The van der Waals surface area contributed by atoms with Crippen molar-refractivity contribution in [2.75, 3.05) is 6.54 Å². The molecule has 3 N–H and O–H groups in total. The van der Waals surface area contributed by atoms with Gasteiger partial charge < -0.3 is 16.0 Å². The van der Waals surface area contributed by atoms with Gasteiger partial charge >= 0.3 is 6.03 Å². The molecule has 0 radical (unpaired) electrons. The van der Waals surface area contributed by atoms with Crippen molar-refractivity contribution >= 4 is 11.9 Å². The molecule has 0 aliphatic carbocycles. The summed E-state index contributed by atoms with van der Waals surface area (Å²) in [5.74, 6) is -0.505. The van der Waals surface area contributed by atoms with Crippen LogP contribution in [0, 0.1) is 11.2 Å². The molecule has 126 valence electrons. The minimum atomic E-state index is -0.517. The molecule has 1 saturated heterocycles. The zero-order valence-corrected chi connectivity index (χ0v) is 13.8. The molecule has 1 heterocycles. The Morgan fingerprint density at radius 1 is 1.39 bits per heavy atom. The molecule has 23 heavy (non-hydrogen) atoms. The van der Waals surface area contributed by atoms with Crippen molar-refractivity contribution in [3.8, 4) is 0 Å². The fourth-order valence-electron chi connectivity index (χ4n) is 2.73. The van der Waals surface area contributed by atoms with Gasteiger partial charge in [0.05, 0.1) is 6.04 Å². The van der Waals surface area contributed by atoms with Gasteiger partial charge in [0.1, 0.15) is 11.9 Å². The number of halogens is 1. The normalized spacial score (nSPS) is 19.7. The number of urea groups is 1. The van der Waals surface area contributed by atoms with E-state index in [1.165, 1.54) is 12.1 Å². The number of amides is 3. The highest BCUT2D eigenvalue weighted by Gasteiger charge is 2.30. The lowest BCUT2D eigenvalue weighted by molar-refractivity contribution is -0.124. The van der Waals surface area contributed by atoms with E-state index in [1.54, 1.807) is 12.1 Å². The molecule has 0 saturated carbocycles. The lowest BCUT2D eigenvalue weighted by atomic mass is 9.82. The molecule has 1 aromatic carbocycles. The van der Waals surface area contributed by atoms with E-state index in [9.17, 15) is 14.0 Å². The van der Waals surface area contributed by atoms with E-state index >= 15 is 0 Å². The van der Waals surface area contributed by atoms with Crippen LogP contribution in [0.25, 0.3) is 0 Å². The predicted octanol–water partition coefficient (Wildman–Crippen LogP) is 2.49. The Morgan fingerprint density at radius 2 is 2.13 bits per heavy atom. The van der Waals surface area contributed by atoms with Crippen molar-refractivity contribution in [1.29, 1.82) is 0 Å². The molecule has 2 unspecified atom stereocenters. The summed E-state index contributed by atoms with van der Waals surface area (Å²) in [7, 11) is 0. The molecule has 0 aromatic heterocycles. The fraction of sp³-hybridized carbons (Fsp3) is 0.529. The zero-order chi connectivity index (χ0) is 17.0. The van der Waals surface area contributed by atoms with E-state index < -0.39 is 12.1 Å². The maximum atomic E-state index is 13.5. The van der Waals surface area contributed by atoms with Gasteiger partial charge in [0.2, 0.25) is 5.91 Å². The zero-order valence-electron chi connectivity index (χ0n) is 13.8. The highest BCUT2D eigenvalue weighted by atomic mass is 19.1. The Labute approximate surface area is 136 Å². The lowest BCUT2D eigenvalue weighted by Crippen LogP contribution is -2.54. The summed E-state index contributed by atoms with van der Waals surface area (Å²) in [5.41, 5.74) is 0.390. The van der Waals surface area contributed by atoms with Gasteiger partial charge in [0, 0.05) is 6.54 Å². The molecule has 6 heteroatoms. The molecular weight excluding hydrogens is 297 g/mol. The summed E-state index contributed by atoms with van der Waals surface area (Å²) in [6.45, 7) is 6.55. The summed E-state index contributed by atoms with van der Waals surface area (Å²) in [5, 5.41) is 8.30. The predicted molar refractivity (Wildman–Crippen MR) is 86.3 cm³/mol. The molecule has 1 fully saturated rings. The monoisotopic (exact) mass is 321 g/mol. The largest absolute Gasteiger partial charge is 0.354 e. The SMILES string of the molecule is CC(C)(C)C(NC(=O)NC1CCCNC1=O)c1cccc(F)c1. The van der Waals surface area contributed by atoms with E-state index in [-0.39, 0.29) is 23.2 Å². The van der Waals surface area contributed by atoms with Crippen LogP contribution in [-0.2, 0) is 4.79 Å². The Hall–Kier alpha value is -2.11. The summed E-state index contributed by atoms with van der Waals surface area (Å²) in [6.07, 6.45) is 1.46. The van der Waals surface area contributed by atoms with Crippen LogP contribution in [0.2, 0.25) is 0 Å². The highest BCUT2D eigenvalue weighted by Crippen LogP contribution is 2.32. The number of carbonyl (C=O) groups is 2. The van der Waals surface area contributed by atoms with Crippen molar-refractivity contribution < 1.29 is 14.0 Å². The standard InChI is InChI=1S/C17H24FN3O2/c1-17(2,3)14(11-6-4-7-12(18)10-11)21-16(23)20-13-8-5-9-19-15(13)22/h4,6-7,10,13-14H,5,8-9H2,1-3H3,(H,19,22)(H2,20,21,23). The average molecular weight is 321 g/mol. The number of hydrogen-bond acceptors (Lipinski definition) is 2. The van der Waals surface area contributed by atoms with Crippen molar-refractivity contribution in [2.45, 2.75) is 45.7 Å². The Kier molecular flexibility index (Phi) is 5.23. The summed E-state index contributed by atoms with van der Waals surface area (Å²) in [4.78, 5) is 24.0. The number of carbonyl (C=O) groups excluding carboxylic acids is 2. The third-order valence-corrected chi connectivity index (χ3v) is 3.91. The third kappa shape index (κ3) is 4.68. The summed E-state index contributed by atoms with van der Waals surface area (Å²) in [6, 6.07) is 4.89. The van der Waals surface area contributed by atoms with Crippen LogP contribution in [0.15, 0.2) is 24.3 Å². The van der Waals surface area contributed by atoms with Crippen LogP contribution in [0.4, 0.5) is 9.18 Å². The third-order valence-electron chi connectivity index (χ3n) is 3.91. The van der Waals surface area contributed by atoms with E-state index in [1.807, 2.05) is 20.8 Å². The first-order valence-corrected chi connectivity index (χ1v) is 7.87. The number of piperidine rings is 1. The van der Waals surface area contributed by atoms with Gasteiger partial charge in [-0.05, 0) is 36.0 Å². The molecule has 1 aromatic rings. The maximum Gasteiger partial charge on any atom is 0.315 e. The van der Waals surface area contributed by atoms with E-state index in [0.29, 0.717) is 18.5 Å². The second kappa shape index (κ2) is 6.98. The number of benzene rings is 1. The van der Waals surface area contributed by atoms with Crippen molar-refractivity contribution in [3.05, 3.63) is 35.6 Å². The molecule has 5 nitrogen and oxygen atoms in total. The topological polar surface area (TPSA) is 70.2 Å². The number of hydrogen-bond donors (Lipinski definition) is 3. The van der Waals surface area contributed by atoms with Gasteiger partial charge in [0.15, 0.2) is 0 Å². The number of rotatable bonds is 3. The number of nitrogens with one attached hydrogen (secondary N) is 3. The second-order valence-corrected chi connectivity index (χ2v) is 6.96. The quantitative estimate of drug-likeness (QED) is 0.800. The van der Waals surface area contributed by atoms with E-state index in [2.05, 4.69) is 16.0 Å². The van der Waals surface area contributed by atoms with Gasteiger partial charge in [-0.25, -0.2) is 9.18 Å². The molecule has 1 aliphatic heterocycles. The fourth-order valence-corrected chi connectivity index (χ4v) is 2.73. The first-order valence-electron chi connectivity index (χ1n) is 7.87.